The number of nitrogens with one attached hydrogen (secondary N) is 1. The number of amides is 1. The van der Waals surface area contributed by atoms with Gasteiger partial charge in [-0.3, -0.25) is 4.79 Å². The molecule has 156 valence electrons. The van der Waals surface area contributed by atoms with Crippen LogP contribution in [-0.2, 0) is 9.53 Å². The van der Waals surface area contributed by atoms with Gasteiger partial charge >= 0.3 is 5.97 Å². The van der Waals surface area contributed by atoms with Gasteiger partial charge in [-0.25, -0.2) is 4.79 Å². The summed E-state index contributed by atoms with van der Waals surface area (Å²) in [4.78, 5) is 25.2. The lowest BCUT2D eigenvalue weighted by Crippen LogP contribution is -2.47. The van der Waals surface area contributed by atoms with Crippen LogP contribution in [0, 0.1) is 11.8 Å². The summed E-state index contributed by atoms with van der Waals surface area (Å²) in [5.74, 6) is 0.932. The average molecular weight is 393 g/mol. The molecule has 1 aromatic rings. The molecule has 7 nitrogen and oxygen atoms in total. The Kier molecular flexibility index (Phi) is 7.54. The Morgan fingerprint density at radius 1 is 1.04 bits per heavy atom. The number of methoxy groups -OCH3 is 3. The highest BCUT2D eigenvalue weighted by Gasteiger charge is 2.31. The molecule has 7 heteroatoms. The molecule has 0 heterocycles. The average Bonchev–Trinajstić information content (AvgIpc) is 2.69. The fourth-order valence-corrected chi connectivity index (χ4v) is 3.63. The lowest BCUT2D eigenvalue weighted by Gasteiger charge is -2.35. The number of rotatable bonds is 7. The van der Waals surface area contributed by atoms with Gasteiger partial charge in [0.25, 0.3) is 5.91 Å². The van der Waals surface area contributed by atoms with E-state index in [0.29, 0.717) is 23.3 Å². The van der Waals surface area contributed by atoms with Gasteiger partial charge in [0.15, 0.2) is 17.6 Å². The molecule has 0 unspecified atom stereocenters. The molecule has 1 fully saturated rings. The van der Waals surface area contributed by atoms with Crippen molar-refractivity contribution in [1.82, 2.24) is 5.32 Å². The molecule has 0 aromatic heterocycles. The van der Waals surface area contributed by atoms with Crippen molar-refractivity contribution in [2.24, 2.45) is 11.8 Å². The van der Waals surface area contributed by atoms with Crippen LogP contribution in [0.1, 0.15) is 50.4 Å². The summed E-state index contributed by atoms with van der Waals surface area (Å²) >= 11 is 0. The van der Waals surface area contributed by atoms with E-state index in [0.717, 1.165) is 12.8 Å². The minimum absolute atomic E-state index is 0.105. The third-order valence-electron chi connectivity index (χ3n) is 5.61. The van der Waals surface area contributed by atoms with Crippen molar-refractivity contribution in [1.29, 1.82) is 0 Å². The minimum Gasteiger partial charge on any atom is -0.493 e. The molecular weight excluding hydrogens is 362 g/mol. The summed E-state index contributed by atoms with van der Waals surface area (Å²) in [5, 5.41) is 3.03. The molecule has 28 heavy (non-hydrogen) atoms. The van der Waals surface area contributed by atoms with E-state index < -0.39 is 12.1 Å². The second-order valence-electron chi connectivity index (χ2n) is 7.31. The number of ether oxygens (including phenoxy) is 4. The van der Waals surface area contributed by atoms with Gasteiger partial charge in [0.1, 0.15) is 5.56 Å². The standard InChI is InChI=1S/C21H31NO6/c1-12-8-7-9-16(13(12)2)22-20(23)14(3)28-21(24)15-10-11-17(25-4)19(27-6)18(15)26-5/h10-14,16H,7-9H2,1-6H3,(H,22,23)/t12-,13-,14-,16+/m1/s1. The maximum absolute atomic E-state index is 12.6. The van der Waals surface area contributed by atoms with Gasteiger partial charge in [0.05, 0.1) is 21.3 Å². The third kappa shape index (κ3) is 4.69. The highest BCUT2D eigenvalue weighted by molar-refractivity contribution is 5.96. The Hall–Kier alpha value is -2.44. The Bertz CT molecular complexity index is 704. The highest BCUT2D eigenvalue weighted by atomic mass is 16.6. The number of carbonyl (C=O) groups is 2. The van der Waals surface area contributed by atoms with Gasteiger partial charge in [-0.15, -0.1) is 0 Å². The highest BCUT2D eigenvalue weighted by Crippen LogP contribution is 2.40. The molecule has 0 aliphatic heterocycles. The van der Waals surface area contributed by atoms with E-state index in [4.69, 9.17) is 18.9 Å². The van der Waals surface area contributed by atoms with Crippen LogP contribution in [-0.4, -0.2) is 45.4 Å². The first kappa shape index (κ1) is 21.9. The van der Waals surface area contributed by atoms with Crippen LogP contribution < -0.4 is 19.5 Å². The molecule has 1 N–H and O–H groups in total. The zero-order valence-corrected chi connectivity index (χ0v) is 17.5. The monoisotopic (exact) mass is 393 g/mol. The first-order valence-corrected chi connectivity index (χ1v) is 9.64. The molecule has 0 radical (unpaired) electrons. The number of hydrogen-bond donors (Lipinski definition) is 1. The summed E-state index contributed by atoms with van der Waals surface area (Å²) in [6, 6.07) is 3.22. The molecule has 1 aliphatic carbocycles. The molecule has 0 spiro atoms. The smallest absolute Gasteiger partial charge is 0.342 e. The van der Waals surface area contributed by atoms with Crippen molar-refractivity contribution >= 4 is 11.9 Å². The van der Waals surface area contributed by atoms with Gasteiger partial charge in [-0.2, -0.15) is 0 Å². The molecule has 1 amide bonds. The van der Waals surface area contributed by atoms with Gasteiger partial charge < -0.3 is 24.3 Å². The summed E-state index contributed by atoms with van der Waals surface area (Å²) in [6.07, 6.45) is 2.29. The number of hydrogen-bond acceptors (Lipinski definition) is 6. The second-order valence-corrected chi connectivity index (χ2v) is 7.31. The van der Waals surface area contributed by atoms with Crippen molar-refractivity contribution in [3.05, 3.63) is 17.7 Å². The van der Waals surface area contributed by atoms with Crippen LogP contribution in [0.3, 0.4) is 0 Å². The van der Waals surface area contributed by atoms with Gasteiger partial charge in [-0.1, -0.05) is 26.7 Å². The lowest BCUT2D eigenvalue weighted by atomic mass is 9.78. The first-order valence-electron chi connectivity index (χ1n) is 9.64. The van der Waals surface area contributed by atoms with Crippen LogP contribution in [0.25, 0.3) is 0 Å². The summed E-state index contributed by atoms with van der Waals surface area (Å²) in [7, 11) is 4.38. The lowest BCUT2D eigenvalue weighted by molar-refractivity contribution is -0.130. The van der Waals surface area contributed by atoms with Crippen molar-refractivity contribution in [3.8, 4) is 17.2 Å². The molecule has 1 saturated carbocycles. The zero-order chi connectivity index (χ0) is 20.8. The van der Waals surface area contributed by atoms with E-state index in [2.05, 4.69) is 19.2 Å². The van der Waals surface area contributed by atoms with E-state index >= 15 is 0 Å². The van der Waals surface area contributed by atoms with Gasteiger partial charge in [0, 0.05) is 6.04 Å². The van der Waals surface area contributed by atoms with Crippen molar-refractivity contribution in [3.63, 3.8) is 0 Å². The number of carbonyl (C=O) groups excluding carboxylic acids is 2. The zero-order valence-electron chi connectivity index (χ0n) is 17.5. The van der Waals surface area contributed by atoms with E-state index in [1.54, 1.807) is 13.0 Å². The van der Waals surface area contributed by atoms with Crippen molar-refractivity contribution in [2.45, 2.75) is 52.2 Å². The van der Waals surface area contributed by atoms with E-state index in [9.17, 15) is 9.59 Å². The quantitative estimate of drug-likeness (QED) is 0.717. The maximum atomic E-state index is 12.6. The largest absolute Gasteiger partial charge is 0.493 e. The summed E-state index contributed by atoms with van der Waals surface area (Å²) in [5.41, 5.74) is 0.166. The molecule has 4 atom stereocenters. The van der Waals surface area contributed by atoms with Crippen molar-refractivity contribution < 1.29 is 28.5 Å². The Balaban J connectivity index is 2.08. The molecule has 2 rings (SSSR count). The molecular formula is C21H31NO6. The normalized spacial score (nSPS) is 22.7. The predicted octanol–water partition coefficient (Wildman–Crippen LogP) is 3.20. The SMILES string of the molecule is COc1ccc(C(=O)O[C@H](C)C(=O)N[C@H]2CCC[C@@H](C)[C@H]2C)c(OC)c1OC. The first-order chi connectivity index (χ1) is 13.3. The Morgan fingerprint density at radius 2 is 1.71 bits per heavy atom. The predicted molar refractivity (Wildman–Crippen MR) is 105 cm³/mol. The molecule has 0 saturated heterocycles. The fraction of sp³-hybridized carbons (Fsp3) is 0.619. The fourth-order valence-electron chi connectivity index (χ4n) is 3.63. The molecule has 1 aromatic carbocycles. The molecule has 1 aliphatic rings. The van der Waals surface area contributed by atoms with E-state index in [1.165, 1.54) is 33.8 Å². The Labute approximate surface area is 166 Å². The maximum Gasteiger partial charge on any atom is 0.342 e. The topological polar surface area (TPSA) is 83.1 Å². The van der Waals surface area contributed by atoms with Gasteiger partial charge in [-0.05, 0) is 37.3 Å². The van der Waals surface area contributed by atoms with E-state index in [1.807, 2.05) is 0 Å². The second kappa shape index (κ2) is 9.66. The van der Waals surface area contributed by atoms with Crippen LogP contribution in [0.4, 0.5) is 0 Å². The summed E-state index contributed by atoms with van der Waals surface area (Å²) < 4.78 is 21.2. The van der Waals surface area contributed by atoms with Crippen LogP contribution in [0.15, 0.2) is 12.1 Å². The molecule has 0 bridgehead atoms. The van der Waals surface area contributed by atoms with Gasteiger partial charge in [0.2, 0.25) is 5.75 Å². The minimum atomic E-state index is -0.922. The summed E-state index contributed by atoms with van der Waals surface area (Å²) in [6.45, 7) is 5.92. The van der Waals surface area contributed by atoms with E-state index in [-0.39, 0.29) is 23.3 Å². The number of benzene rings is 1. The van der Waals surface area contributed by atoms with Crippen LogP contribution >= 0.6 is 0 Å². The Morgan fingerprint density at radius 3 is 2.32 bits per heavy atom. The third-order valence-corrected chi connectivity index (χ3v) is 5.61. The number of esters is 1. The van der Waals surface area contributed by atoms with Crippen LogP contribution in [0.2, 0.25) is 0 Å². The van der Waals surface area contributed by atoms with Crippen molar-refractivity contribution in [2.75, 3.05) is 21.3 Å². The van der Waals surface area contributed by atoms with Crippen LogP contribution in [0.5, 0.6) is 17.2 Å².